The van der Waals surface area contributed by atoms with Gasteiger partial charge in [0, 0.05) is 45.0 Å². The zero-order chi connectivity index (χ0) is 12.1. The van der Waals surface area contributed by atoms with Gasteiger partial charge in [-0.2, -0.15) is 0 Å². The molecule has 1 heterocycles. The fourth-order valence-corrected chi connectivity index (χ4v) is 2.31. The Bertz CT molecular complexity index is 286. The lowest BCUT2D eigenvalue weighted by atomic mass is 10.1. The molecule has 0 aromatic heterocycles. The number of piperazine rings is 1. The Balaban J connectivity index is 1.74. The average molecular weight is 234 g/mol. The first-order valence-corrected chi connectivity index (χ1v) is 6.58. The standard InChI is InChI=1S/C14H24N3/c1-15(2)8-9-16-10-12-17(13-11-16)14-6-4-3-5-7-14/h3-4,6-7H,5,8-13H2,1-2H3. The second-order valence-corrected chi connectivity index (χ2v) is 5.09. The highest BCUT2D eigenvalue weighted by Gasteiger charge is 2.17. The van der Waals surface area contributed by atoms with Crippen molar-refractivity contribution in [3.63, 3.8) is 0 Å². The summed E-state index contributed by atoms with van der Waals surface area (Å²) in [5.74, 6) is 0. The Morgan fingerprint density at radius 1 is 1.18 bits per heavy atom. The van der Waals surface area contributed by atoms with Crippen LogP contribution in [0.4, 0.5) is 0 Å². The van der Waals surface area contributed by atoms with E-state index in [1.165, 1.54) is 38.4 Å². The molecule has 3 nitrogen and oxygen atoms in total. The van der Waals surface area contributed by atoms with Gasteiger partial charge in [0.25, 0.3) is 0 Å². The number of hydrogen-bond acceptors (Lipinski definition) is 3. The summed E-state index contributed by atoms with van der Waals surface area (Å²) in [5, 5.41) is 0. The van der Waals surface area contributed by atoms with Crippen LogP contribution >= 0.6 is 0 Å². The minimum absolute atomic E-state index is 1.09. The molecule has 0 amide bonds. The molecule has 2 aliphatic rings. The molecule has 0 unspecified atom stereocenters. The zero-order valence-corrected chi connectivity index (χ0v) is 11.1. The zero-order valence-electron chi connectivity index (χ0n) is 11.1. The number of hydrogen-bond donors (Lipinski definition) is 0. The van der Waals surface area contributed by atoms with Crippen molar-refractivity contribution in [2.75, 3.05) is 53.4 Å². The molecule has 2 rings (SSSR count). The summed E-state index contributed by atoms with van der Waals surface area (Å²) in [6.07, 6.45) is 10.0. The Labute approximate surface area is 105 Å². The number of rotatable bonds is 4. The van der Waals surface area contributed by atoms with Crippen molar-refractivity contribution >= 4 is 0 Å². The highest BCUT2D eigenvalue weighted by Crippen LogP contribution is 2.15. The average Bonchev–Trinajstić information content (AvgIpc) is 2.38. The first-order valence-electron chi connectivity index (χ1n) is 6.58. The Kier molecular flexibility index (Phi) is 4.63. The third-order valence-corrected chi connectivity index (χ3v) is 3.47. The van der Waals surface area contributed by atoms with Crippen molar-refractivity contribution in [2.45, 2.75) is 6.42 Å². The van der Waals surface area contributed by atoms with Crippen LogP contribution in [0.2, 0.25) is 0 Å². The molecular weight excluding hydrogens is 210 g/mol. The number of allylic oxidation sites excluding steroid dienone is 3. The maximum atomic E-state index is 2.57. The molecule has 1 aliphatic carbocycles. The van der Waals surface area contributed by atoms with Crippen LogP contribution in [0.1, 0.15) is 6.42 Å². The number of likely N-dealkylation sites (N-methyl/N-ethyl adjacent to an activating group) is 1. The van der Waals surface area contributed by atoms with Crippen molar-refractivity contribution in [3.8, 4) is 0 Å². The highest BCUT2D eigenvalue weighted by molar-refractivity contribution is 5.25. The Morgan fingerprint density at radius 2 is 1.94 bits per heavy atom. The first kappa shape index (κ1) is 12.7. The van der Waals surface area contributed by atoms with Crippen LogP contribution in [-0.4, -0.2) is 68.1 Å². The molecule has 0 saturated carbocycles. The van der Waals surface area contributed by atoms with E-state index < -0.39 is 0 Å². The molecule has 1 aliphatic heterocycles. The molecule has 17 heavy (non-hydrogen) atoms. The summed E-state index contributed by atoms with van der Waals surface area (Å²) in [7, 11) is 4.29. The SMILES string of the molecule is CN(C)CCN1CCN(C2=CC[CH]C=C2)CC1. The van der Waals surface area contributed by atoms with E-state index in [0.29, 0.717) is 0 Å². The van der Waals surface area contributed by atoms with Gasteiger partial charge in [0.2, 0.25) is 0 Å². The lowest BCUT2D eigenvalue weighted by Crippen LogP contribution is -2.47. The maximum Gasteiger partial charge on any atom is 0.0323 e. The highest BCUT2D eigenvalue weighted by atomic mass is 15.3. The molecule has 1 saturated heterocycles. The monoisotopic (exact) mass is 234 g/mol. The van der Waals surface area contributed by atoms with Gasteiger partial charge in [-0.1, -0.05) is 12.2 Å². The Hall–Kier alpha value is -0.800. The van der Waals surface area contributed by atoms with Crippen molar-refractivity contribution < 1.29 is 0 Å². The molecule has 3 heteroatoms. The second kappa shape index (κ2) is 6.22. The molecule has 0 spiro atoms. The van der Waals surface area contributed by atoms with Crippen LogP contribution in [0, 0.1) is 6.42 Å². The van der Waals surface area contributed by atoms with Crippen molar-refractivity contribution in [1.29, 1.82) is 0 Å². The smallest absolute Gasteiger partial charge is 0.0323 e. The second-order valence-electron chi connectivity index (χ2n) is 5.09. The minimum atomic E-state index is 1.09. The van der Waals surface area contributed by atoms with Crippen molar-refractivity contribution in [1.82, 2.24) is 14.7 Å². The molecule has 0 bridgehead atoms. The molecular formula is C14H24N3. The van der Waals surface area contributed by atoms with E-state index in [4.69, 9.17) is 0 Å². The molecule has 95 valence electrons. The summed E-state index contributed by atoms with van der Waals surface area (Å²) in [4.78, 5) is 7.33. The van der Waals surface area contributed by atoms with E-state index in [9.17, 15) is 0 Å². The van der Waals surface area contributed by atoms with Crippen LogP contribution in [0.5, 0.6) is 0 Å². The van der Waals surface area contributed by atoms with E-state index in [-0.39, 0.29) is 0 Å². The summed E-state index contributed by atoms with van der Waals surface area (Å²) >= 11 is 0. The largest absolute Gasteiger partial charge is 0.369 e. The molecule has 0 N–H and O–H groups in total. The third-order valence-electron chi connectivity index (χ3n) is 3.47. The van der Waals surface area contributed by atoms with Crippen LogP contribution in [0.3, 0.4) is 0 Å². The fraction of sp³-hybridized carbons (Fsp3) is 0.643. The predicted octanol–water partition coefficient (Wildman–Crippen LogP) is 1.21. The molecule has 0 aromatic carbocycles. The minimum Gasteiger partial charge on any atom is -0.369 e. The van der Waals surface area contributed by atoms with Crippen LogP contribution in [-0.2, 0) is 0 Å². The van der Waals surface area contributed by atoms with Crippen LogP contribution in [0.15, 0.2) is 23.9 Å². The van der Waals surface area contributed by atoms with Gasteiger partial charge in [-0.25, -0.2) is 0 Å². The van der Waals surface area contributed by atoms with Crippen LogP contribution in [0.25, 0.3) is 0 Å². The van der Waals surface area contributed by atoms with E-state index in [2.05, 4.69) is 53.4 Å². The lowest BCUT2D eigenvalue weighted by molar-refractivity contribution is 0.151. The van der Waals surface area contributed by atoms with E-state index in [1.807, 2.05) is 0 Å². The summed E-state index contributed by atoms with van der Waals surface area (Å²) in [6, 6.07) is 0. The van der Waals surface area contributed by atoms with Crippen molar-refractivity contribution in [2.24, 2.45) is 0 Å². The molecule has 1 radical (unpaired) electrons. The van der Waals surface area contributed by atoms with Crippen molar-refractivity contribution in [3.05, 3.63) is 30.3 Å². The fourth-order valence-electron chi connectivity index (χ4n) is 2.31. The lowest BCUT2D eigenvalue weighted by Gasteiger charge is -2.37. The first-order chi connectivity index (χ1) is 8.25. The summed E-state index contributed by atoms with van der Waals surface area (Å²) in [5.41, 5.74) is 1.42. The quantitative estimate of drug-likeness (QED) is 0.724. The van der Waals surface area contributed by atoms with E-state index in [1.54, 1.807) is 0 Å². The summed E-state index contributed by atoms with van der Waals surface area (Å²) < 4.78 is 0. The maximum absolute atomic E-state index is 2.57. The van der Waals surface area contributed by atoms with Gasteiger partial charge in [-0.05, 0) is 33.0 Å². The van der Waals surface area contributed by atoms with Gasteiger partial charge in [-0.3, -0.25) is 4.90 Å². The Morgan fingerprint density at radius 3 is 2.53 bits per heavy atom. The van der Waals surface area contributed by atoms with Gasteiger partial charge in [0.1, 0.15) is 0 Å². The normalized spacial score (nSPS) is 22.1. The number of nitrogens with zero attached hydrogens (tertiary/aromatic N) is 3. The summed E-state index contributed by atoms with van der Waals surface area (Å²) in [6.45, 7) is 7.10. The topological polar surface area (TPSA) is 9.72 Å². The van der Waals surface area contributed by atoms with E-state index in [0.717, 1.165) is 13.0 Å². The van der Waals surface area contributed by atoms with Gasteiger partial charge in [0.15, 0.2) is 0 Å². The molecule has 1 fully saturated rings. The van der Waals surface area contributed by atoms with Gasteiger partial charge < -0.3 is 9.80 Å². The molecule has 0 atom stereocenters. The molecule has 0 aromatic rings. The van der Waals surface area contributed by atoms with E-state index >= 15 is 0 Å². The van der Waals surface area contributed by atoms with Crippen LogP contribution < -0.4 is 0 Å². The third kappa shape index (κ3) is 3.86. The van der Waals surface area contributed by atoms with Gasteiger partial charge in [-0.15, -0.1) is 0 Å². The van der Waals surface area contributed by atoms with Gasteiger partial charge in [0.05, 0.1) is 0 Å². The van der Waals surface area contributed by atoms with Gasteiger partial charge >= 0.3 is 0 Å². The predicted molar refractivity (Wildman–Crippen MR) is 72.7 cm³/mol.